The SMILES string of the molecule is CCC(c1ccccc1)C(N)Cc1cc(Br)cs1. The molecule has 2 aromatic rings. The third-order valence-electron chi connectivity index (χ3n) is 3.24. The van der Waals surface area contributed by atoms with Crippen molar-refractivity contribution in [2.75, 3.05) is 0 Å². The van der Waals surface area contributed by atoms with Crippen LogP contribution in [0.25, 0.3) is 0 Å². The average Bonchev–Trinajstić information content (AvgIpc) is 2.77. The topological polar surface area (TPSA) is 26.0 Å². The molecule has 2 unspecified atom stereocenters. The lowest BCUT2D eigenvalue weighted by Crippen LogP contribution is -2.30. The Labute approximate surface area is 121 Å². The zero-order chi connectivity index (χ0) is 13.0. The van der Waals surface area contributed by atoms with Gasteiger partial charge in [0, 0.05) is 20.8 Å². The van der Waals surface area contributed by atoms with E-state index in [0.29, 0.717) is 5.92 Å². The van der Waals surface area contributed by atoms with E-state index in [1.165, 1.54) is 10.4 Å². The number of hydrogen-bond donors (Lipinski definition) is 1. The minimum Gasteiger partial charge on any atom is -0.327 e. The summed E-state index contributed by atoms with van der Waals surface area (Å²) >= 11 is 5.26. The van der Waals surface area contributed by atoms with Crippen LogP contribution in [0.15, 0.2) is 46.3 Å². The first-order chi connectivity index (χ1) is 8.70. The van der Waals surface area contributed by atoms with Gasteiger partial charge in [0.2, 0.25) is 0 Å². The lowest BCUT2D eigenvalue weighted by Gasteiger charge is -2.22. The Morgan fingerprint density at radius 1 is 1.28 bits per heavy atom. The summed E-state index contributed by atoms with van der Waals surface area (Å²) in [5.74, 6) is 0.437. The Bertz CT molecular complexity index is 480. The van der Waals surface area contributed by atoms with Crippen LogP contribution in [0.5, 0.6) is 0 Å². The molecule has 96 valence electrons. The van der Waals surface area contributed by atoms with Gasteiger partial charge in [-0.05, 0) is 46.3 Å². The molecule has 1 aromatic heterocycles. The van der Waals surface area contributed by atoms with E-state index in [2.05, 4.69) is 64.6 Å². The molecular weight excluding hydrogens is 306 g/mol. The second-order valence-corrected chi connectivity index (χ2v) is 6.44. The highest BCUT2D eigenvalue weighted by molar-refractivity contribution is 9.10. The zero-order valence-electron chi connectivity index (χ0n) is 10.5. The van der Waals surface area contributed by atoms with Crippen molar-refractivity contribution in [2.45, 2.75) is 31.7 Å². The number of benzene rings is 1. The monoisotopic (exact) mass is 323 g/mol. The van der Waals surface area contributed by atoms with Crippen LogP contribution in [0.2, 0.25) is 0 Å². The summed E-state index contributed by atoms with van der Waals surface area (Å²) in [7, 11) is 0. The third-order valence-corrected chi connectivity index (χ3v) is 4.96. The van der Waals surface area contributed by atoms with Crippen molar-refractivity contribution in [3.05, 3.63) is 56.7 Å². The number of nitrogens with two attached hydrogens (primary N) is 1. The maximum absolute atomic E-state index is 6.39. The van der Waals surface area contributed by atoms with Crippen molar-refractivity contribution in [3.63, 3.8) is 0 Å². The lowest BCUT2D eigenvalue weighted by atomic mass is 9.88. The Kier molecular flexibility index (Phi) is 4.98. The molecule has 0 aliphatic rings. The fourth-order valence-electron chi connectivity index (χ4n) is 2.32. The fourth-order valence-corrected chi connectivity index (χ4v) is 3.85. The molecule has 0 fully saturated rings. The molecule has 1 nitrogen and oxygen atoms in total. The van der Waals surface area contributed by atoms with Gasteiger partial charge in [0.15, 0.2) is 0 Å². The second-order valence-electron chi connectivity index (χ2n) is 4.52. The van der Waals surface area contributed by atoms with Crippen LogP contribution in [0.3, 0.4) is 0 Å². The average molecular weight is 324 g/mol. The van der Waals surface area contributed by atoms with Crippen molar-refractivity contribution < 1.29 is 0 Å². The van der Waals surface area contributed by atoms with E-state index in [4.69, 9.17) is 5.73 Å². The standard InChI is InChI=1S/C15H18BrNS/c1-2-14(11-6-4-3-5-7-11)15(17)9-13-8-12(16)10-18-13/h3-8,10,14-15H,2,9,17H2,1H3. The predicted octanol–water partition coefficient (Wildman–Crippen LogP) is 4.57. The molecule has 2 atom stereocenters. The molecule has 1 aromatic carbocycles. The van der Waals surface area contributed by atoms with E-state index in [-0.39, 0.29) is 6.04 Å². The maximum Gasteiger partial charge on any atom is 0.0285 e. The van der Waals surface area contributed by atoms with Crippen LogP contribution in [-0.4, -0.2) is 6.04 Å². The van der Waals surface area contributed by atoms with Crippen LogP contribution >= 0.6 is 27.3 Å². The van der Waals surface area contributed by atoms with Crippen LogP contribution in [0.4, 0.5) is 0 Å². The second kappa shape index (κ2) is 6.50. The van der Waals surface area contributed by atoms with Gasteiger partial charge in [-0.25, -0.2) is 0 Å². The van der Waals surface area contributed by atoms with Crippen molar-refractivity contribution in [3.8, 4) is 0 Å². The minimum absolute atomic E-state index is 0.183. The summed E-state index contributed by atoms with van der Waals surface area (Å²) < 4.78 is 1.16. The molecule has 0 saturated carbocycles. The van der Waals surface area contributed by atoms with Crippen LogP contribution < -0.4 is 5.73 Å². The first-order valence-corrected chi connectivity index (χ1v) is 7.91. The van der Waals surface area contributed by atoms with Gasteiger partial charge in [-0.3, -0.25) is 0 Å². The van der Waals surface area contributed by atoms with E-state index < -0.39 is 0 Å². The quantitative estimate of drug-likeness (QED) is 0.856. The van der Waals surface area contributed by atoms with E-state index >= 15 is 0 Å². The highest BCUT2D eigenvalue weighted by Crippen LogP contribution is 2.27. The number of hydrogen-bond acceptors (Lipinski definition) is 2. The number of thiophene rings is 1. The highest BCUT2D eigenvalue weighted by Gasteiger charge is 2.18. The molecule has 1 heterocycles. The summed E-state index contributed by atoms with van der Waals surface area (Å²) in [6.45, 7) is 2.21. The Balaban J connectivity index is 2.08. The van der Waals surface area contributed by atoms with Gasteiger partial charge < -0.3 is 5.73 Å². The first-order valence-electron chi connectivity index (χ1n) is 6.24. The van der Waals surface area contributed by atoms with Crippen LogP contribution in [0.1, 0.15) is 29.7 Å². The molecule has 0 aliphatic heterocycles. The van der Waals surface area contributed by atoms with Crippen LogP contribution in [0, 0.1) is 0 Å². The van der Waals surface area contributed by atoms with Gasteiger partial charge in [0.05, 0.1) is 0 Å². The molecule has 0 saturated heterocycles. The first kappa shape index (κ1) is 13.8. The number of halogens is 1. The molecule has 0 radical (unpaired) electrons. The summed E-state index contributed by atoms with van der Waals surface area (Å²) in [5.41, 5.74) is 7.74. The van der Waals surface area contributed by atoms with E-state index in [0.717, 1.165) is 17.3 Å². The van der Waals surface area contributed by atoms with Gasteiger partial charge >= 0.3 is 0 Å². The normalized spacial score (nSPS) is 14.4. The smallest absolute Gasteiger partial charge is 0.0285 e. The van der Waals surface area contributed by atoms with Crippen molar-refractivity contribution in [1.29, 1.82) is 0 Å². The molecule has 2 rings (SSSR count). The molecule has 3 heteroatoms. The van der Waals surface area contributed by atoms with Gasteiger partial charge in [0.25, 0.3) is 0 Å². The summed E-state index contributed by atoms with van der Waals surface area (Å²) in [6, 6.07) is 12.9. The summed E-state index contributed by atoms with van der Waals surface area (Å²) in [4.78, 5) is 1.35. The lowest BCUT2D eigenvalue weighted by molar-refractivity contribution is 0.517. The van der Waals surface area contributed by atoms with E-state index in [1.807, 2.05) is 0 Å². The largest absolute Gasteiger partial charge is 0.327 e. The molecule has 0 spiro atoms. The maximum atomic E-state index is 6.39. The molecule has 0 bridgehead atoms. The minimum atomic E-state index is 0.183. The fraction of sp³-hybridized carbons (Fsp3) is 0.333. The van der Waals surface area contributed by atoms with E-state index in [1.54, 1.807) is 11.3 Å². The van der Waals surface area contributed by atoms with Gasteiger partial charge in [-0.1, -0.05) is 37.3 Å². The Morgan fingerprint density at radius 3 is 2.56 bits per heavy atom. The van der Waals surface area contributed by atoms with Crippen LogP contribution in [-0.2, 0) is 6.42 Å². The summed E-state index contributed by atoms with van der Waals surface area (Å²) in [5, 5.41) is 2.12. The van der Waals surface area contributed by atoms with E-state index in [9.17, 15) is 0 Å². The van der Waals surface area contributed by atoms with Gasteiger partial charge in [0.1, 0.15) is 0 Å². The summed E-state index contributed by atoms with van der Waals surface area (Å²) in [6.07, 6.45) is 2.03. The Hall–Kier alpha value is -0.640. The molecule has 0 amide bonds. The van der Waals surface area contributed by atoms with Crippen molar-refractivity contribution >= 4 is 27.3 Å². The number of rotatable bonds is 5. The Morgan fingerprint density at radius 2 is 2.00 bits per heavy atom. The van der Waals surface area contributed by atoms with Gasteiger partial charge in [-0.2, -0.15) is 0 Å². The third kappa shape index (κ3) is 3.44. The zero-order valence-corrected chi connectivity index (χ0v) is 12.9. The van der Waals surface area contributed by atoms with Crippen molar-refractivity contribution in [2.24, 2.45) is 5.73 Å². The molecule has 18 heavy (non-hydrogen) atoms. The van der Waals surface area contributed by atoms with Gasteiger partial charge in [-0.15, -0.1) is 11.3 Å². The molecular formula is C15H18BrNS. The molecule has 2 N–H and O–H groups in total. The predicted molar refractivity (Wildman–Crippen MR) is 83.2 cm³/mol. The highest BCUT2D eigenvalue weighted by atomic mass is 79.9. The molecule has 0 aliphatic carbocycles. The van der Waals surface area contributed by atoms with Crippen molar-refractivity contribution in [1.82, 2.24) is 0 Å².